The Kier molecular flexibility index (Phi) is 9.60. The molecule has 3 aromatic heterocycles. The van der Waals surface area contributed by atoms with Gasteiger partial charge in [0.1, 0.15) is 22.9 Å². The van der Waals surface area contributed by atoms with E-state index in [0.29, 0.717) is 23.4 Å². The smallest absolute Gasteiger partial charge is 0.350 e. The van der Waals surface area contributed by atoms with Crippen LogP contribution in [-0.4, -0.2) is 78.9 Å². The summed E-state index contributed by atoms with van der Waals surface area (Å²) in [5.74, 6) is -2.32. The molecule has 2 saturated heterocycles. The molecule has 58 heavy (non-hydrogen) atoms. The van der Waals surface area contributed by atoms with Crippen molar-refractivity contribution in [1.29, 1.82) is 0 Å². The topological polar surface area (TPSA) is 175 Å². The number of hydrogen-bond donors (Lipinski definition) is 3. The maximum Gasteiger partial charge on any atom is 0.401 e. The van der Waals surface area contributed by atoms with E-state index in [1.165, 1.54) is 29.3 Å². The molecule has 2 aliphatic heterocycles. The van der Waals surface area contributed by atoms with Gasteiger partial charge in [-0.1, -0.05) is 23.4 Å². The van der Waals surface area contributed by atoms with Gasteiger partial charge in [0, 0.05) is 61.7 Å². The lowest BCUT2D eigenvalue weighted by atomic mass is 9.56. The molecule has 0 atom stereocenters. The molecule has 8 rings (SSSR count). The van der Waals surface area contributed by atoms with Gasteiger partial charge < -0.3 is 9.84 Å². The quantitative estimate of drug-likeness (QED) is 0.140. The lowest BCUT2D eigenvalue weighted by Crippen LogP contribution is -2.61. The van der Waals surface area contributed by atoms with Crippen molar-refractivity contribution in [3.63, 3.8) is 0 Å². The lowest BCUT2D eigenvalue weighted by molar-refractivity contribution is -0.182. The van der Waals surface area contributed by atoms with E-state index >= 15 is 8.78 Å². The molecule has 5 heterocycles. The summed E-state index contributed by atoms with van der Waals surface area (Å²) in [5, 5.41) is 14.6. The first-order valence-electron chi connectivity index (χ1n) is 18.5. The minimum Gasteiger partial charge on any atom is -0.350 e. The normalized spacial score (nSPS) is 17.3. The van der Waals surface area contributed by atoms with Crippen LogP contribution in [0.4, 0.5) is 32.4 Å². The number of rotatable bonds is 10. The predicted molar refractivity (Wildman–Crippen MR) is 196 cm³/mol. The molecule has 0 bridgehead atoms. The van der Waals surface area contributed by atoms with Crippen molar-refractivity contribution >= 4 is 23.5 Å². The summed E-state index contributed by atoms with van der Waals surface area (Å²) in [6.07, 6.45) is -1.17. The Bertz CT molecular complexity index is 2430. The Balaban J connectivity index is 0.831. The van der Waals surface area contributed by atoms with Crippen LogP contribution in [0.5, 0.6) is 0 Å². The van der Waals surface area contributed by atoms with Gasteiger partial charge in [-0.3, -0.25) is 29.8 Å². The van der Waals surface area contributed by atoms with Gasteiger partial charge >= 0.3 is 12.2 Å². The highest BCUT2D eigenvalue weighted by atomic mass is 19.4. The Labute approximate surface area is 327 Å². The fourth-order valence-corrected chi connectivity index (χ4v) is 7.79. The van der Waals surface area contributed by atoms with Gasteiger partial charge in [0.05, 0.1) is 12.2 Å². The van der Waals surface area contributed by atoms with Crippen molar-refractivity contribution in [3.05, 3.63) is 94.5 Å². The van der Waals surface area contributed by atoms with E-state index in [1.807, 2.05) is 12.1 Å². The third-order valence-corrected chi connectivity index (χ3v) is 11.2. The number of carbonyl (C=O) groups is 3. The molecule has 3 fully saturated rings. The van der Waals surface area contributed by atoms with Crippen molar-refractivity contribution in [2.24, 2.45) is 5.41 Å². The third kappa shape index (κ3) is 7.29. The zero-order valence-electron chi connectivity index (χ0n) is 31.5. The summed E-state index contributed by atoms with van der Waals surface area (Å²) in [6.45, 7) is 5.75. The first-order valence-corrected chi connectivity index (χ1v) is 18.5. The average molecular weight is 805 g/mol. The predicted octanol–water partition coefficient (Wildman–Crippen LogP) is 6.10. The number of aryl methyl sites for hydroxylation is 1. The van der Waals surface area contributed by atoms with Crippen molar-refractivity contribution in [2.75, 3.05) is 24.5 Å². The molecule has 14 nitrogen and oxygen atoms in total. The molecule has 3 aliphatic rings. The number of carbonyl (C=O) groups excluding carboxylic acids is 3. The summed E-state index contributed by atoms with van der Waals surface area (Å²) in [4.78, 5) is 52.4. The van der Waals surface area contributed by atoms with Gasteiger partial charge in [-0.2, -0.15) is 18.3 Å². The Morgan fingerprint density at radius 1 is 1.02 bits per heavy atom. The van der Waals surface area contributed by atoms with E-state index in [9.17, 15) is 27.6 Å². The van der Waals surface area contributed by atoms with Gasteiger partial charge in [-0.15, -0.1) is 0 Å². The highest BCUT2D eigenvalue weighted by Gasteiger charge is 2.53. The number of imide groups is 1. The Hall–Kier alpha value is -6.11. The van der Waals surface area contributed by atoms with Crippen molar-refractivity contribution < 1.29 is 40.9 Å². The molecule has 5 aromatic rings. The van der Waals surface area contributed by atoms with E-state index < -0.39 is 41.0 Å². The molecular weight excluding hydrogens is 767 g/mol. The van der Waals surface area contributed by atoms with Crippen LogP contribution in [0.2, 0.25) is 0 Å². The van der Waals surface area contributed by atoms with Crippen LogP contribution in [-0.2, 0) is 23.3 Å². The van der Waals surface area contributed by atoms with E-state index in [-0.39, 0.29) is 65.5 Å². The fourth-order valence-electron chi connectivity index (χ4n) is 7.79. The molecule has 302 valence electrons. The standard InChI is InChI=1S/C39H37F5N10O4/c1-20-25(15-45-33(47-20)28-12-30(58-52-28)34(56)46-16-31-48-35(51-50-31)37(2,3)39(42,43)44)24-6-4-21(10-26(24)40)17-53-18-38(19-53)13-23(14-38)22-5-7-29(27(41)11-22)54-9-8-32(55)49-36(54)57/h4-7,10-12,15,23H,8-9,13-14,16-19H2,1-3H3,(H,46,56)(H,48,50,51)(H,49,55,57). The zero-order valence-corrected chi connectivity index (χ0v) is 31.5. The molecule has 1 saturated carbocycles. The largest absolute Gasteiger partial charge is 0.401 e. The number of hydrogen-bond acceptors (Lipinski definition) is 10. The molecule has 4 amide bonds. The van der Waals surface area contributed by atoms with Crippen molar-refractivity contribution in [2.45, 2.75) is 70.6 Å². The number of urea groups is 1. The second-order valence-electron chi connectivity index (χ2n) is 15.7. The summed E-state index contributed by atoms with van der Waals surface area (Å²) in [6, 6.07) is 10.7. The zero-order chi connectivity index (χ0) is 41.1. The van der Waals surface area contributed by atoms with E-state index in [4.69, 9.17) is 4.52 Å². The molecular formula is C39H37F5N10O4. The Morgan fingerprint density at radius 2 is 1.79 bits per heavy atom. The molecule has 3 N–H and O–H groups in total. The minimum atomic E-state index is -4.57. The molecule has 0 radical (unpaired) electrons. The number of amides is 4. The molecule has 19 heteroatoms. The number of aromatic amines is 1. The molecule has 1 aliphatic carbocycles. The van der Waals surface area contributed by atoms with Crippen LogP contribution in [0, 0.1) is 24.0 Å². The number of anilines is 1. The van der Waals surface area contributed by atoms with Gasteiger partial charge in [0.2, 0.25) is 11.7 Å². The summed E-state index contributed by atoms with van der Waals surface area (Å²) in [5.41, 5.74) is 1.08. The molecule has 0 unspecified atom stereocenters. The SMILES string of the molecule is Cc1nc(-c2cc(C(=O)NCc3nc(C(C)(C)C(F)(F)F)n[nH]3)on2)ncc1-c1ccc(CN2CC3(CC(c4ccc(N5CCC(=O)NC5=O)c(F)c4)C3)C2)cc1F. The second-order valence-corrected chi connectivity index (χ2v) is 15.7. The van der Waals surface area contributed by atoms with E-state index in [1.54, 1.807) is 19.1 Å². The number of likely N-dealkylation sites (tertiary alicyclic amines) is 1. The summed E-state index contributed by atoms with van der Waals surface area (Å²) in [7, 11) is 0. The van der Waals surface area contributed by atoms with Crippen molar-refractivity contribution in [3.8, 4) is 22.6 Å². The summed E-state index contributed by atoms with van der Waals surface area (Å²) >= 11 is 0. The number of benzene rings is 2. The van der Waals surface area contributed by atoms with Gasteiger partial charge in [-0.05, 0) is 74.3 Å². The fraction of sp³-hybridized carbons (Fsp3) is 0.385. The van der Waals surface area contributed by atoms with E-state index in [2.05, 4.69) is 45.8 Å². The number of H-pyrrole nitrogens is 1. The van der Waals surface area contributed by atoms with Gasteiger partial charge in [0.15, 0.2) is 17.3 Å². The number of aromatic nitrogens is 6. The Morgan fingerprint density at radius 3 is 2.48 bits per heavy atom. The summed E-state index contributed by atoms with van der Waals surface area (Å²) < 4.78 is 75.7. The van der Waals surface area contributed by atoms with Crippen LogP contribution in [0.1, 0.15) is 78.1 Å². The average Bonchev–Trinajstić information content (AvgIpc) is 3.83. The number of halogens is 5. The highest BCUT2D eigenvalue weighted by molar-refractivity contribution is 6.05. The van der Waals surface area contributed by atoms with Crippen LogP contribution >= 0.6 is 0 Å². The van der Waals surface area contributed by atoms with Crippen LogP contribution in [0.3, 0.4) is 0 Å². The van der Waals surface area contributed by atoms with Crippen LogP contribution in [0.15, 0.2) is 53.2 Å². The number of nitrogens with one attached hydrogen (secondary N) is 3. The first kappa shape index (κ1) is 38.7. The third-order valence-electron chi connectivity index (χ3n) is 11.2. The number of nitrogens with zero attached hydrogens (tertiary/aromatic N) is 7. The lowest BCUT2D eigenvalue weighted by Gasteiger charge is -2.59. The van der Waals surface area contributed by atoms with Crippen molar-refractivity contribution in [1.82, 2.24) is 45.8 Å². The monoisotopic (exact) mass is 804 g/mol. The molecule has 1 spiro atoms. The van der Waals surface area contributed by atoms with E-state index in [0.717, 1.165) is 50.9 Å². The maximum atomic E-state index is 15.5. The molecule has 2 aromatic carbocycles. The minimum absolute atomic E-state index is 0.0142. The number of alkyl halides is 3. The maximum absolute atomic E-state index is 15.5. The first-order chi connectivity index (χ1) is 27.5. The van der Waals surface area contributed by atoms with Crippen LogP contribution < -0.4 is 15.5 Å². The van der Waals surface area contributed by atoms with Gasteiger partial charge in [0.25, 0.3) is 5.91 Å². The second kappa shape index (κ2) is 14.4. The van der Waals surface area contributed by atoms with Gasteiger partial charge in [-0.25, -0.2) is 28.5 Å². The highest BCUT2D eigenvalue weighted by Crippen LogP contribution is 2.56. The van der Waals surface area contributed by atoms with Crippen LogP contribution in [0.25, 0.3) is 22.6 Å².